The molecule has 1 heterocycles. The van der Waals surface area contributed by atoms with Gasteiger partial charge in [-0.1, -0.05) is 35.3 Å². The van der Waals surface area contributed by atoms with Crippen LogP contribution in [0.25, 0.3) is 0 Å². The number of nitrogens with zero attached hydrogens (tertiary/aromatic N) is 1. The Balaban J connectivity index is 1.75. The lowest BCUT2D eigenvalue weighted by Crippen LogP contribution is -2.28. The third-order valence-electron chi connectivity index (χ3n) is 4.49. The van der Waals surface area contributed by atoms with E-state index in [0.29, 0.717) is 22.3 Å². The van der Waals surface area contributed by atoms with Crippen molar-refractivity contribution in [2.24, 2.45) is 5.92 Å². The van der Waals surface area contributed by atoms with E-state index >= 15 is 0 Å². The summed E-state index contributed by atoms with van der Waals surface area (Å²) in [6.07, 6.45) is 0.188. The summed E-state index contributed by atoms with van der Waals surface area (Å²) in [5.74, 6) is -0.664. The van der Waals surface area contributed by atoms with Crippen LogP contribution in [0.15, 0.2) is 36.4 Å². The van der Waals surface area contributed by atoms with Crippen LogP contribution in [0.5, 0.6) is 0 Å². The predicted molar refractivity (Wildman–Crippen MR) is 101 cm³/mol. The Morgan fingerprint density at radius 2 is 1.84 bits per heavy atom. The monoisotopic (exact) mass is 376 g/mol. The first kappa shape index (κ1) is 17.8. The highest BCUT2D eigenvalue weighted by Gasteiger charge is 2.35. The number of hydrogen-bond acceptors (Lipinski definition) is 2. The zero-order valence-electron chi connectivity index (χ0n) is 14.0. The highest BCUT2D eigenvalue weighted by molar-refractivity contribution is 6.35. The summed E-state index contributed by atoms with van der Waals surface area (Å²) in [5, 5.41) is 3.69. The fourth-order valence-electron chi connectivity index (χ4n) is 3.01. The lowest BCUT2D eigenvalue weighted by molar-refractivity contribution is -0.122. The number of benzene rings is 2. The van der Waals surface area contributed by atoms with Gasteiger partial charge in [0.15, 0.2) is 0 Å². The maximum atomic E-state index is 12.5. The summed E-state index contributed by atoms with van der Waals surface area (Å²) in [7, 11) is 0. The normalized spacial score (nSPS) is 17.0. The maximum Gasteiger partial charge on any atom is 0.229 e. The van der Waals surface area contributed by atoms with Crippen molar-refractivity contribution in [1.82, 2.24) is 0 Å². The molecule has 4 nitrogen and oxygen atoms in total. The number of halogens is 2. The summed E-state index contributed by atoms with van der Waals surface area (Å²) in [5.41, 5.74) is 3.57. The first-order valence-electron chi connectivity index (χ1n) is 7.98. The molecular formula is C19H18Cl2N2O2. The number of amides is 2. The number of hydrogen-bond donors (Lipinski definition) is 1. The van der Waals surface area contributed by atoms with E-state index in [1.54, 1.807) is 23.1 Å². The van der Waals surface area contributed by atoms with Gasteiger partial charge in [-0.3, -0.25) is 9.59 Å². The molecule has 1 aliphatic rings. The van der Waals surface area contributed by atoms with Crippen molar-refractivity contribution in [3.05, 3.63) is 57.6 Å². The highest BCUT2D eigenvalue weighted by Crippen LogP contribution is 2.30. The average molecular weight is 377 g/mol. The Hall–Kier alpha value is -2.04. The lowest BCUT2D eigenvalue weighted by Gasteiger charge is -2.20. The van der Waals surface area contributed by atoms with E-state index in [1.165, 1.54) is 0 Å². The van der Waals surface area contributed by atoms with E-state index in [1.807, 2.05) is 32.0 Å². The van der Waals surface area contributed by atoms with Crippen molar-refractivity contribution in [3.8, 4) is 0 Å². The van der Waals surface area contributed by atoms with Crippen LogP contribution in [-0.2, 0) is 9.59 Å². The van der Waals surface area contributed by atoms with Gasteiger partial charge in [0, 0.05) is 34.4 Å². The Kier molecular flexibility index (Phi) is 5.02. The second-order valence-electron chi connectivity index (χ2n) is 6.27. The van der Waals surface area contributed by atoms with Gasteiger partial charge in [0.05, 0.1) is 5.92 Å². The van der Waals surface area contributed by atoms with Gasteiger partial charge in [-0.05, 0) is 49.2 Å². The van der Waals surface area contributed by atoms with Crippen LogP contribution in [0.1, 0.15) is 17.5 Å². The minimum absolute atomic E-state index is 0.0435. The smallest absolute Gasteiger partial charge is 0.229 e. The molecule has 3 rings (SSSR count). The third-order valence-corrected chi connectivity index (χ3v) is 4.93. The first-order valence-corrected chi connectivity index (χ1v) is 8.74. The van der Waals surface area contributed by atoms with Crippen molar-refractivity contribution in [3.63, 3.8) is 0 Å². The molecular weight excluding hydrogens is 359 g/mol. The zero-order chi connectivity index (χ0) is 18.1. The van der Waals surface area contributed by atoms with Crippen LogP contribution >= 0.6 is 23.2 Å². The topological polar surface area (TPSA) is 49.4 Å². The minimum Gasteiger partial charge on any atom is -0.326 e. The molecule has 2 amide bonds. The quantitative estimate of drug-likeness (QED) is 0.850. The van der Waals surface area contributed by atoms with Gasteiger partial charge in [-0.2, -0.15) is 0 Å². The Bertz CT molecular complexity index is 831. The predicted octanol–water partition coefficient (Wildman–Crippen LogP) is 4.60. The SMILES string of the molecule is Cc1cccc(N2C[C@H](C(=O)Nc3cc(Cl)cc(Cl)c3)CC2=O)c1C. The average Bonchev–Trinajstić information content (AvgIpc) is 2.91. The van der Waals surface area contributed by atoms with Gasteiger partial charge in [-0.25, -0.2) is 0 Å². The Morgan fingerprint density at radius 3 is 2.52 bits per heavy atom. The molecule has 1 fully saturated rings. The van der Waals surface area contributed by atoms with Crippen LogP contribution in [-0.4, -0.2) is 18.4 Å². The Morgan fingerprint density at radius 1 is 1.16 bits per heavy atom. The molecule has 0 radical (unpaired) electrons. The number of aryl methyl sites for hydroxylation is 1. The van der Waals surface area contributed by atoms with E-state index in [4.69, 9.17) is 23.2 Å². The molecule has 1 saturated heterocycles. The zero-order valence-corrected chi connectivity index (χ0v) is 15.5. The molecule has 0 saturated carbocycles. The van der Waals surface area contributed by atoms with Crippen LogP contribution in [0.2, 0.25) is 10.0 Å². The summed E-state index contributed by atoms with van der Waals surface area (Å²) < 4.78 is 0. The third kappa shape index (κ3) is 3.80. The molecule has 1 aliphatic heterocycles. The number of anilines is 2. The standard InChI is InChI=1S/C19H18Cl2N2O2/c1-11-4-3-5-17(12(11)2)23-10-13(6-18(23)24)19(25)22-16-8-14(20)7-15(21)9-16/h3-5,7-9,13H,6,10H2,1-2H3,(H,22,25)/t13-/m1/s1. The molecule has 6 heteroatoms. The maximum absolute atomic E-state index is 12.5. The van der Waals surface area contributed by atoms with Gasteiger partial charge in [0.1, 0.15) is 0 Å². The van der Waals surface area contributed by atoms with Crippen molar-refractivity contribution in [2.75, 3.05) is 16.8 Å². The largest absolute Gasteiger partial charge is 0.326 e. The van der Waals surface area contributed by atoms with Crippen LogP contribution in [0.3, 0.4) is 0 Å². The van der Waals surface area contributed by atoms with Gasteiger partial charge in [0.2, 0.25) is 11.8 Å². The molecule has 1 atom stereocenters. The van der Waals surface area contributed by atoms with E-state index in [-0.39, 0.29) is 18.2 Å². The molecule has 0 aliphatic carbocycles. The minimum atomic E-state index is -0.412. The summed E-state index contributed by atoms with van der Waals surface area (Å²) >= 11 is 11.9. The molecule has 25 heavy (non-hydrogen) atoms. The van der Waals surface area contributed by atoms with E-state index < -0.39 is 5.92 Å². The van der Waals surface area contributed by atoms with Crippen molar-refractivity contribution in [2.45, 2.75) is 20.3 Å². The fourth-order valence-corrected chi connectivity index (χ4v) is 3.54. The Labute approximate surface area is 156 Å². The second kappa shape index (κ2) is 7.06. The first-order chi connectivity index (χ1) is 11.8. The molecule has 0 bridgehead atoms. The molecule has 130 valence electrons. The van der Waals surface area contributed by atoms with Gasteiger partial charge >= 0.3 is 0 Å². The number of nitrogens with one attached hydrogen (secondary N) is 1. The molecule has 2 aromatic carbocycles. The number of carbonyl (C=O) groups excluding carboxylic acids is 2. The second-order valence-corrected chi connectivity index (χ2v) is 7.14. The fraction of sp³-hybridized carbons (Fsp3) is 0.263. The van der Waals surface area contributed by atoms with Crippen molar-refractivity contribution < 1.29 is 9.59 Å². The van der Waals surface area contributed by atoms with Gasteiger partial charge in [0.25, 0.3) is 0 Å². The van der Waals surface area contributed by atoms with Crippen molar-refractivity contribution in [1.29, 1.82) is 0 Å². The van der Waals surface area contributed by atoms with Gasteiger partial charge < -0.3 is 10.2 Å². The number of rotatable bonds is 3. The summed E-state index contributed by atoms with van der Waals surface area (Å²) in [4.78, 5) is 26.6. The van der Waals surface area contributed by atoms with Gasteiger partial charge in [-0.15, -0.1) is 0 Å². The van der Waals surface area contributed by atoms with Crippen LogP contribution in [0, 0.1) is 19.8 Å². The number of carbonyl (C=O) groups is 2. The summed E-state index contributed by atoms with van der Waals surface area (Å²) in [6.45, 7) is 4.36. The lowest BCUT2D eigenvalue weighted by atomic mass is 10.1. The molecule has 0 unspecified atom stereocenters. The van der Waals surface area contributed by atoms with E-state index in [9.17, 15) is 9.59 Å². The van der Waals surface area contributed by atoms with E-state index in [0.717, 1.165) is 16.8 Å². The van der Waals surface area contributed by atoms with Crippen molar-refractivity contribution >= 4 is 46.4 Å². The van der Waals surface area contributed by atoms with Crippen LogP contribution < -0.4 is 10.2 Å². The molecule has 0 aromatic heterocycles. The molecule has 1 N–H and O–H groups in total. The highest BCUT2D eigenvalue weighted by atomic mass is 35.5. The van der Waals surface area contributed by atoms with E-state index in [2.05, 4.69) is 5.32 Å². The van der Waals surface area contributed by atoms with Crippen LogP contribution in [0.4, 0.5) is 11.4 Å². The molecule has 2 aromatic rings. The molecule has 0 spiro atoms. The summed E-state index contributed by atoms with van der Waals surface area (Å²) in [6, 6.07) is 10.7.